The topological polar surface area (TPSA) is 86.1 Å². The molecule has 29 heavy (non-hydrogen) atoms. The number of hydrogen-bond donors (Lipinski definition) is 1. The quantitative estimate of drug-likeness (QED) is 0.502. The molecule has 0 aliphatic heterocycles. The van der Waals surface area contributed by atoms with E-state index >= 15 is 0 Å². The van der Waals surface area contributed by atoms with E-state index in [-0.39, 0.29) is 5.91 Å². The summed E-state index contributed by atoms with van der Waals surface area (Å²) in [4.78, 5) is 33.1. The first-order valence-electron chi connectivity index (χ1n) is 9.00. The Balaban J connectivity index is 1.56. The third-order valence-electron chi connectivity index (χ3n) is 4.51. The largest absolute Gasteiger partial charge is 0.465 e. The van der Waals surface area contributed by atoms with Crippen molar-refractivity contribution in [2.24, 2.45) is 0 Å². The minimum absolute atomic E-state index is 0.310. The number of ether oxygens (including phenoxy) is 1. The predicted molar refractivity (Wildman–Crippen MR) is 112 cm³/mol. The van der Waals surface area contributed by atoms with Gasteiger partial charge in [0.1, 0.15) is 16.3 Å². The van der Waals surface area contributed by atoms with Crippen molar-refractivity contribution in [3.05, 3.63) is 65.4 Å². The standard InChI is InChI=1S/C21H18N4O3S/c1-3-25-11-16(15-5-4-10-22-18(15)25)20-24-17(12-29-20)19(26)23-14-8-6-13(7-9-14)21(27)28-2/h4-12H,3H2,1-2H3,(H,23,26). The summed E-state index contributed by atoms with van der Waals surface area (Å²) in [6.45, 7) is 2.86. The number of aryl methyl sites for hydroxylation is 1. The number of nitrogens with zero attached hydrogens (tertiary/aromatic N) is 3. The molecular weight excluding hydrogens is 388 g/mol. The zero-order chi connectivity index (χ0) is 20.4. The number of nitrogens with one attached hydrogen (secondary N) is 1. The van der Waals surface area contributed by atoms with Gasteiger partial charge in [-0.2, -0.15) is 0 Å². The highest BCUT2D eigenvalue weighted by Gasteiger charge is 2.17. The Labute approximate surface area is 171 Å². The number of carbonyl (C=O) groups excluding carboxylic acids is 2. The van der Waals surface area contributed by atoms with Crippen molar-refractivity contribution in [3.63, 3.8) is 0 Å². The normalized spacial score (nSPS) is 10.8. The second-order valence-corrected chi connectivity index (χ2v) is 7.12. The molecule has 0 bridgehead atoms. The maximum atomic E-state index is 12.6. The van der Waals surface area contributed by atoms with Crippen LogP contribution in [0.5, 0.6) is 0 Å². The summed E-state index contributed by atoms with van der Waals surface area (Å²) in [5.74, 6) is -0.733. The van der Waals surface area contributed by atoms with Crippen molar-refractivity contribution >= 4 is 39.9 Å². The number of fused-ring (bicyclic) bond motifs is 1. The number of methoxy groups -OCH3 is 1. The third kappa shape index (κ3) is 3.62. The lowest BCUT2D eigenvalue weighted by atomic mass is 10.2. The van der Waals surface area contributed by atoms with E-state index < -0.39 is 5.97 Å². The molecule has 3 heterocycles. The van der Waals surface area contributed by atoms with Gasteiger partial charge in [-0.05, 0) is 43.3 Å². The molecule has 0 atom stereocenters. The molecule has 146 valence electrons. The van der Waals surface area contributed by atoms with Crippen LogP contribution < -0.4 is 5.32 Å². The smallest absolute Gasteiger partial charge is 0.337 e. The van der Waals surface area contributed by atoms with Crippen LogP contribution >= 0.6 is 11.3 Å². The minimum Gasteiger partial charge on any atom is -0.465 e. The molecule has 0 saturated heterocycles. The SMILES string of the molecule is CCn1cc(-c2nc(C(=O)Nc3ccc(C(=O)OC)cc3)cs2)c2cccnc21. The van der Waals surface area contributed by atoms with E-state index in [9.17, 15) is 9.59 Å². The van der Waals surface area contributed by atoms with Crippen molar-refractivity contribution < 1.29 is 14.3 Å². The van der Waals surface area contributed by atoms with Gasteiger partial charge in [0.25, 0.3) is 5.91 Å². The fourth-order valence-corrected chi connectivity index (χ4v) is 3.86. The van der Waals surface area contributed by atoms with Crippen molar-refractivity contribution in [2.75, 3.05) is 12.4 Å². The van der Waals surface area contributed by atoms with Gasteiger partial charge in [-0.15, -0.1) is 11.3 Å². The fraction of sp³-hybridized carbons (Fsp3) is 0.143. The van der Waals surface area contributed by atoms with Crippen molar-refractivity contribution in [2.45, 2.75) is 13.5 Å². The van der Waals surface area contributed by atoms with Gasteiger partial charge in [-0.25, -0.2) is 14.8 Å². The average Bonchev–Trinajstić information content (AvgIpc) is 3.38. The molecule has 1 N–H and O–H groups in total. The lowest BCUT2D eigenvalue weighted by Crippen LogP contribution is -2.12. The summed E-state index contributed by atoms with van der Waals surface area (Å²) in [7, 11) is 1.33. The summed E-state index contributed by atoms with van der Waals surface area (Å²) < 4.78 is 6.73. The molecule has 4 aromatic rings. The van der Waals surface area contributed by atoms with Crippen LogP contribution in [0.2, 0.25) is 0 Å². The molecule has 0 unspecified atom stereocenters. The van der Waals surface area contributed by atoms with Gasteiger partial charge in [0.15, 0.2) is 0 Å². The first kappa shape index (κ1) is 18.8. The molecule has 3 aromatic heterocycles. The van der Waals surface area contributed by atoms with E-state index in [2.05, 4.69) is 31.5 Å². The number of pyridine rings is 1. The highest BCUT2D eigenvalue weighted by Crippen LogP contribution is 2.32. The second kappa shape index (κ2) is 7.84. The first-order chi connectivity index (χ1) is 14.1. The van der Waals surface area contributed by atoms with Gasteiger partial charge >= 0.3 is 5.97 Å². The maximum Gasteiger partial charge on any atom is 0.337 e. The predicted octanol–water partition coefficient (Wildman–Crippen LogP) is 4.22. The van der Waals surface area contributed by atoms with E-state index in [4.69, 9.17) is 0 Å². The first-order valence-corrected chi connectivity index (χ1v) is 9.88. The van der Waals surface area contributed by atoms with Gasteiger partial charge < -0.3 is 14.6 Å². The third-order valence-corrected chi connectivity index (χ3v) is 5.38. The molecule has 0 spiro atoms. The van der Waals surface area contributed by atoms with Crippen LogP contribution in [0, 0.1) is 0 Å². The monoisotopic (exact) mass is 406 g/mol. The number of amides is 1. The number of hydrogen-bond acceptors (Lipinski definition) is 6. The molecule has 0 radical (unpaired) electrons. The summed E-state index contributed by atoms with van der Waals surface area (Å²) in [5.41, 5.74) is 3.19. The number of rotatable bonds is 5. The number of esters is 1. The number of carbonyl (C=O) groups is 2. The molecular formula is C21H18N4O3S. The van der Waals surface area contributed by atoms with Crippen LogP contribution in [-0.2, 0) is 11.3 Å². The van der Waals surface area contributed by atoms with Gasteiger partial charge in [0, 0.05) is 41.0 Å². The second-order valence-electron chi connectivity index (χ2n) is 6.26. The van der Waals surface area contributed by atoms with E-state index in [1.807, 2.05) is 18.3 Å². The van der Waals surface area contributed by atoms with Crippen LogP contribution in [0.25, 0.3) is 21.6 Å². The molecule has 7 nitrogen and oxygen atoms in total. The Morgan fingerprint density at radius 3 is 2.72 bits per heavy atom. The lowest BCUT2D eigenvalue weighted by molar-refractivity contribution is 0.0600. The number of aromatic nitrogens is 3. The van der Waals surface area contributed by atoms with Gasteiger partial charge in [0.2, 0.25) is 0 Å². The Morgan fingerprint density at radius 1 is 1.21 bits per heavy atom. The minimum atomic E-state index is -0.423. The van der Waals surface area contributed by atoms with Gasteiger partial charge in [0.05, 0.1) is 12.7 Å². The van der Waals surface area contributed by atoms with Crippen LogP contribution in [0.15, 0.2) is 54.2 Å². The van der Waals surface area contributed by atoms with Gasteiger partial charge in [-0.3, -0.25) is 4.79 Å². The summed E-state index contributed by atoms with van der Waals surface area (Å²) >= 11 is 1.42. The number of thiazole rings is 1. The molecule has 0 fully saturated rings. The van der Waals surface area contributed by atoms with Crippen LogP contribution in [0.3, 0.4) is 0 Å². The summed E-state index contributed by atoms with van der Waals surface area (Å²) in [5, 5.41) is 6.30. The zero-order valence-electron chi connectivity index (χ0n) is 15.9. The molecule has 0 saturated carbocycles. The molecule has 1 aromatic carbocycles. The van der Waals surface area contributed by atoms with E-state index in [1.54, 1.807) is 35.8 Å². The van der Waals surface area contributed by atoms with Crippen LogP contribution in [-0.4, -0.2) is 33.5 Å². The number of anilines is 1. The highest BCUT2D eigenvalue weighted by molar-refractivity contribution is 7.13. The zero-order valence-corrected chi connectivity index (χ0v) is 16.7. The fourth-order valence-electron chi connectivity index (χ4n) is 3.04. The van der Waals surface area contributed by atoms with Crippen LogP contribution in [0.1, 0.15) is 27.8 Å². The van der Waals surface area contributed by atoms with E-state index in [0.717, 1.165) is 28.1 Å². The highest BCUT2D eigenvalue weighted by atomic mass is 32.1. The molecule has 8 heteroatoms. The molecule has 0 aliphatic carbocycles. The lowest BCUT2D eigenvalue weighted by Gasteiger charge is -2.04. The van der Waals surface area contributed by atoms with Crippen molar-refractivity contribution in [1.82, 2.24) is 14.5 Å². The number of benzene rings is 1. The molecule has 1 amide bonds. The Hall–Kier alpha value is -3.52. The van der Waals surface area contributed by atoms with Crippen molar-refractivity contribution in [1.29, 1.82) is 0 Å². The average molecular weight is 406 g/mol. The van der Waals surface area contributed by atoms with E-state index in [0.29, 0.717) is 16.9 Å². The van der Waals surface area contributed by atoms with E-state index in [1.165, 1.54) is 18.4 Å². The van der Waals surface area contributed by atoms with Crippen LogP contribution in [0.4, 0.5) is 5.69 Å². The van der Waals surface area contributed by atoms with Gasteiger partial charge in [-0.1, -0.05) is 0 Å². The molecule has 0 aliphatic rings. The molecule has 4 rings (SSSR count). The Bertz CT molecular complexity index is 1190. The summed E-state index contributed by atoms with van der Waals surface area (Å²) in [6, 6.07) is 10.4. The Kier molecular flexibility index (Phi) is 5.09. The van der Waals surface area contributed by atoms with Crippen molar-refractivity contribution in [3.8, 4) is 10.6 Å². The summed E-state index contributed by atoms with van der Waals surface area (Å²) in [6.07, 6.45) is 3.79. The Morgan fingerprint density at radius 2 is 2.00 bits per heavy atom. The maximum absolute atomic E-state index is 12.6.